The van der Waals surface area contributed by atoms with Crippen molar-refractivity contribution >= 4 is 53.5 Å². The smallest absolute Gasteiger partial charge is 0.126 e. The first kappa shape index (κ1) is 41.8. The van der Waals surface area contributed by atoms with Crippen LogP contribution in [0.5, 0.6) is 0 Å². The molecule has 0 spiro atoms. The summed E-state index contributed by atoms with van der Waals surface area (Å²) in [6.07, 6.45) is 12.2. The Morgan fingerprint density at radius 3 is 0.741 bits per heavy atom. The average Bonchev–Trinajstić information content (AvgIpc) is 3.17. The fraction of sp³-hybridized carbons (Fsp3) is 0.222. The van der Waals surface area contributed by atoms with Crippen LogP contribution in [0.15, 0.2) is 127 Å². The summed E-state index contributed by atoms with van der Waals surface area (Å²) in [6, 6.07) is 41.0. The van der Waals surface area contributed by atoms with E-state index in [4.69, 9.17) is 0 Å². The molecule has 0 heterocycles. The quantitative estimate of drug-likeness (QED) is 0.132. The van der Waals surface area contributed by atoms with Gasteiger partial charge < -0.3 is 4.90 Å². The van der Waals surface area contributed by atoms with Gasteiger partial charge in [-0.3, -0.25) is 0 Å². The predicted octanol–water partition coefficient (Wildman–Crippen LogP) is 16.0. The molecule has 6 rings (SSSR count). The molecule has 0 radical (unpaired) electrons. The maximum Gasteiger partial charge on any atom is 0.126 e. The van der Waals surface area contributed by atoms with Crippen LogP contribution in [0.2, 0.25) is 0 Å². The molecule has 0 unspecified atom stereocenters. The molecule has 296 valence electrons. The van der Waals surface area contributed by atoms with Gasteiger partial charge >= 0.3 is 0 Å². The van der Waals surface area contributed by atoms with Gasteiger partial charge in [0, 0.05) is 17.1 Å². The molecule has 0 aliphatic rings. The Labute approximate surface area is 343 Å². The summed E-state index contributed by atoms with van der Waals surface area (Å²) in [4.78, 5) is 2.22. The highest BCUT2D eigenvalue weighted by atomic mass is 19.1. The van der Waals surface area contributed by atoms with Crippen molar-refractivity contribution in [3.63, 3.8) is 0 Å². The van der Waals surface area contributed by atoms with Crippen LogP contribution in [-0.4, -0.2) is 0 Å². The zero-order valence-corrected chi connectivity index (χ0v) is 35.2. The Balaban J connectivity index is 1.29. The van der Waals surface area contributed by atoms with Crippen LogP contribution in [-0.2, 0) is 16.2 Å². The van der Waals surface area contributed by atoms with E-state index in [1.807, 2.05) is 117 Å². The van der Waals surface area contributed by atoms with Crippen molar-refractivity contribution in [3.8, 4) is 0 Å². The van der Waals surface area contributed by atoms with Crippen molar-refractivity contribution in [2.24, 2.45) is 0 Å². The Hall–Kier alpha value is -5.87. The van der Waals surface area contributed by atoms with E-state index >= 15 is 0 Å². The second kappa shape index (κ2) is 16.9. The molecule has 0 saturated heterocycles. The van der Waals surface area contributed by atoms with Crippen molar-refractivity contribution in [2.75, 3.05) is 4.90 Å². The molecular formula is C54H54F3N. The summed E-state index contributed by atoms with van der Waals surface area (Å²) in [7, 11) is 0. The number of rotatable bonds is 9. The lowest BCUT2D eigenvalue weighted by Crippen LogP contribution is -2.13. The molecule has 0 aliphatic carbocycles. The molecule has 0 aliphatic heterocycles. The first-order valence-corrected chi connectivity index (χ1v) is 19.9. The van der Waals surface area contributed by atoms with Gasteiger partial charge in [-0.05, 0) is 139 Å². The first-order chi connectivity index (χ1) is 27.3. The van der Waals surface area contributed by atoms with Gasteiger partial charge in [-0.2, -0.15) is 0 Å². The van der Waals surface area contributed by atoms with E-state index in [1.165, 1.54) is 0 Å². The first-order valence-electron chi connectivity index (χ1n) is 19.9. The van der Waals surface area contributed by atoms with Crippen LogP contribution in [0.4, 0.5) is 30.2 Å². The van der Waals surface area contributed by atoms with Crippen molar-refractivity contribution in [2.45, 2.75) is 78.6 Å². The second-order valence-electron chi connectivity index (χ2n) is 18.1. The Kier molecular flexibility index (Phi) is 12.2. The highest BCUT2D eigenvalue weighted by Gasteiger charge is 2.20. The molecule has 6 aromatic rings. The number of hydrogen-bond acceptors (Lipinski definition) is 1. The Morgan fingerprint density at radius 1 is 0.310 bits per heavy atom. The predicted molar refractivity (Wildman–Crippen MR) is 243 cm³/mol. The topological polar surface area (TPSA) is 3.24 Å². The molecule has 4 heteroatoms. The second-order valence-corrected chi connectivity index (χ2v) is 18.1. The number of nitrogens with zero attached hydrogens (tertiary/aromatic N) is 1. The van der Waals surface area contributed by atoms with Crippen molar-refractivity contribution in [1.82, 2.24) is 0 Å². The third-order valence-corrected chi connectivity index (χ3v) is 10.3. The molecule has 1 nitrogen and oxygen atoms in total. The maximum atomic E-state index is 14.6. The number of anilines is 3. The van der Waals surface area contributed by atoms with Crippen molar-refractivity contribution < 1.29 is 13.2 Å². The van der Waals surface area contributed by atoms with E-state index in [1.54, 1.807) is 36.4 Å². The van der Waals surface area contributed by atoms with Gasteiger partial charge in [0.05, 0.1) is 0 Å². The average molecular weight is 774 g/mol. The molecule has 0 saturated carbocycles. The Bertz CT molecular complexity index is 2170. The molecule has 0 amide bonds. The van der Waals surface area contributed by atoms with Crippen LogP contribution < -0.4 is 4.90 Å². The zero-order valence-electron chi connectivity index (χ0n) is 35.2. The monoisotopic (exact) mass is 773 g/mol. The summed E-state index contributed by atoms with van der Waals surface area (Å²) < 4.78 is 43.7. The van der Waals surface area contributed by atoms with E-state index in [9.17, 15) is 13.2 Å². The SMILES string of the molecule is CC(C)(C)c1cc(C=Cc2ccc(N(c3ccc(C=Cc4ccc(F)c(C(C)(C)C)c4)cc3)c3ccc(C=Cc4ccc(F)c(C(C)(C)C)c4)cc3)cc2)ccc1F. The summed E-state index contributed by atoms with van der Waals surface area (Å²) in [5.74, 6) is -0.563. The van der Waals surface area contributed by atoms with Crippen LogP contribution in [0.3, 0.4) is 0 Å². The number of benzene rings is 6. The number of hydrogen-bond donors (Lipinski definition) is 0. The molecule has 0 aromatic heterocycles. The van der Waals surface area contributed by atoms with E-state index < -0.39 is 0 Å². The normalized spacial score (nSPS) is 12.6. The fourth-order valence-corrected chi connectivity index (χ4v) is 6.89. The summed E-state index contributed by atoms with van der Waals surface area (Å²) in [5, 5.41) is 0. The van der Waals surface area contributed by atoms with Gasteiger partial charge in [-0.25, -0.2) is 13.2 Å². The van der Waals surface area contributed by atoms with Crippen molar-refractivity contribution in [3.05, 3.63) is 195 Å². The van der Waals surface area contributed by atoms with E-state index in [0.717, 1.165) is 50.4 Å². The lowest BCUT2D eigenvalue weighted by molar-refractivity contribution is 0.522. The summed E-state index contributed by atoms with van der Waals surface area (Å²) >= 11 is 0. The lowest BCUT2D eigenvalue weighted by Gasteiger charge is -2.26. The fourth-order valence-electron chi connectivity index (χ4n) is 6.89. The maximum absolute atomic E-state index is 14.6. The zero-order chi connectivity index (χ0) is 41.8. The van der Waals surface area contributed by atoms with Gasteiger partial charge in [-0.15, -0.1) is 0 Å². The molecule has 0 atom stereocenters. The van der Waals surface area contributed by atoms with Crippen LogP contribution >= 0.6 is 0 Å². The van der Waals surface area contributed by atoms with E-state index in [2.05, 4.69) is 77.7 Å². The van der Waals surface area contributed by atoms with Crippen LogP contribution in [0, 0.1) is 17.5 Å². The molecule has 0 fully saturated rings. The number of halogens is 3. The largest absolute Gasteiger partial charge is 0.311 e. The van der Waals surface area contributed by atoms with Crippen molar-refractivity contribution in [1.29, 1.82) is 0 Å². The van der Waals surface area contributed by atoms with Gasteiger partial charge in [0.1, 0.15) is 17.5 Å². The van der Waals surface area contributed by atoms with Gasteiger partial charge in [0.15, 0.2) is 0 Å². The van der Waals surface area contributed by atoms with Gasteiger partial charge in [-0.1, -0.05) is 153 Å². The molecular weight excluding hydrogens is 720 g/mol. The molecule has 0 N–H and O–H groups in total. The molecule has 58 heavy (non-hydrogen) atoms. The highest BCUT2D eigenvalue weighted by Crippen LogP contribution is 2.36. The lowest BCUT2D eigenvalue weighted by atomic mass is 9.85. The van der Waals surface area contributed by atoms with E-state index in [-0.39, 0.29) is 33.7 Å². The molecule has 6 aromatic carbocycles. The van der Waals surface area contributed by atoms with E-state index in [0.29, 0.717) is 16.7 Å². The Morgan fingerprint density at radius 2 is 0.517 bits per heavy atom. The highest BCUT2D eigenvalue weighted by molar-refractivity contribution is 5.81. The molecule has 0 bridgehead atoms. The standard InChI is InChI=1S/C54H54F3N/c1-52(2,3)46-34-40(22-31-49(46)55)13-10-37-16-25-43(26-17-37)58(44-27-18-38(19-28-44)11-14-41-23-32-50(56)47(35-41)53(4,5)6)45-29-20-39(21-30-45)12-15-42-24-33-51(57)48(36-42)54(7,8)9/h10-36H,1-9H3. The third kappa shape index (κ3) is 10.3. The minimum absolute atomic E-state index is 0.188. The van der Waals surface area contributed by atoms with Gasteiger partial charge in [0.25, 0.3) is 0 Å². The van der Waals surface area contributed by atoms with Crippen LogP contribution in [0.1, 0.15) is 112 Å². The minimum atomic E-state index is -0.292. The summed E-state index contributed by atoms with van der Waals surface area (Å²) in [6.45, 7) is 18.2. The minimum Gasteiger partial charge on any atom is -0.311 e. The van der Waals surface area contributed by atoms with Crippen LogP contribution in [0.25, 0.3) is 36.5 Å². The third-order valence-electron chi connectivity index (χ3n) is 10.3. The summed E-state index contributed by atoms with van der Waals surface area (Å²) in [5.41, 5.74) is 10.1. The van der Waals surface area contributed by atoms with Gasteiger partial charge in [0.2, 0.25) is 0 Å².